The molecule has 0 unspecified atom stereocenters. The van der Waals surface area contributed by atoms with Gasteiger partial charge in [-0.3, -0.25) is 9.59 Å². The Hall–Kier alpha value is -2.83. The van der Waals surface area contributed by atoms with E-state index in [2.05, 4.69) is 10.1 Å². The number of aromatic hydroxyl groups is 1. The van der Waals surface area contributed by atoms with Crippen LogP contribution in [0.3, 0.4) is 0 Å². The van der Waals surface area contributed by atoms with Gasteiger partial charge in [-0.15, -0.1) is 0 Å². The third-order valence-electron chi connectivity index (χ3n) is 4.22. The number of amides is 3. The van der Waals surface area contributed by atoms with Crippen LogP contribution in [0, 0.1) is 0 Å². The Morgan fingerprint density at radius 2 is 1.73 bits per heavy atom. The molecule has 0 atom stereocenters. The van der Waals surface area contributed by atoms with Crippen molar-refractivity contribution in [3.63, 3.8) is 0 Å². The van der Waals surface area contributed by atoms with Crippen LogP contribution in [-0.4, -0.2) is 41.6 Å². The molecule has 140 valence electrons. The number of benzene rings is 1. The van der Waals surface area contributed by atoms with Crippen molar-refractivity contribution < 1.29 is 24.2 Å². The highest BCUT2D eigenvalue weighted by molar-refractivity contribution is 6.15. The highest BCUT2D eigenvalue weighted by Crippen LogP contribution is 2.35. The summed E-state index contributed by atoms with van der Waals surface area (Å²) in [6, 6.07) is 2.92. The number of methoxy groups -OCH3 is 1. The van der Waals surface area contributed by atoms with Gasteiger partial charge in [-0.1, -0.05) is 27.7 Å². The molecule has 7 heteroatoms. The summed E-state index contributed by atoms with van der Waals surface area (Å²) in [4.78, 5) is 36.5. The number of esters is 1. The zero-order chi connectivity index (χ0) is 19.6. The second kappa shape index (κ2) is 7.59. The largest absolute Gasteiger partial charge is 0.507 e. The Labute approximate surface area is 152 Å². The van der Waals surface area contributed by atoms with Gasteiger partial charge >= 0.3 is 12.0 Å². The van der Waals surface area contributed by atoms with Crippen LogP contribution in [0.1, 0.15) is 56.2 Å². The van der Waals surface area contributed by atoms with E-state index < -0.39 is 24.5 Å². The molecule has 1 saturated heterocycles. The summed E-state index contributed by atoms with van der Waals surface area (Å²) in [6.45, 7) is 7.43. The second-order valence-electron chi connectivity index (χ2n) is 6.81. The minimum absolute atomic E-state index is 0.0778. The van der Waals surface area contributed by atoms with Crippen LogP contribution in [0.25, 0.3) is 6.08 Å². The first-order valence-corrected chi connectivity index (χ1v) is 8.43. The molecule has 0 bridgehead atoms. The number of hydrogen-bond donors (Lipinski definition) is 2. The fourth-order valence-electron chi connectivity index (χ4n) is 2.74. The molecule has 2 N–H and O–H groups in total. The number of hydrogen-bond acceptors (Lipinski definition) is 5. The maximum Gasteiger partial charge on any atom is 0.329 e. The molecule has 1 heterocycles. The number of imide groups is 1. The summed E-state index contributed by atoms with van der Waals surface area (Å²) in [7, 11) is 1.19. The van der Waals surface area contributed by atoms with E-state index in [1.807, 2.05) is 27.7 Å². The summed E-state index contributed by atoms with van der Waals surface area (Å²) in [5.74, 6) is -0.827. The number of phenolic OH excluding ortho intramolecular Hbond substituents is 1. The topological polar surface area (TPSA) is 95.9 Å². The highest BCUT2D eigenvalue weighted by Gasteiger charge is 2.35. The molecular formula is C19H24N2O5. The molecule has 1 aliphatic rings. The summed E-state index contributed by atoms with van der Waals surface area (Å²) < 4.78 is 4.50. The molecule has 0 aliphatic carbocycles. The molecule has 7 nitrogen and oxygen atoms in total. The fraction of sp³-hybridized carbons (Fsp3) is 0.421. The Morgan fingerprint density at radius 1 is 1.19 bits per heavy atom. The zero-order valence-electron chi connectivity index (χ0n) is 15.6. The third-order valence-corrected chi connectivity index (χ3v) is 4.22. The van der Waals surface area contributed by atoms with E-state index in [-0.39, 0.29) is 23.3 Å². The lowest BCUT2D eigenvalue weighted by atomic mass is 9.91. The van der Waals surface area contributed by atoms with Gasteiger partial charge in [-0.05, 0) is 46.7 Å². The number of nitrogens with one attached hydrogen (secondary N) is 1. The maximum atomic E-state index is 12.4. The molecular weight excluding hydrogens is 336 g/mol. The fourth-order valence-corrected chi connectivity index (χ4v) is 2.74. The van der Waals surface area contributed by atoms with Crippen molar-refractivity contribution in [1.29, 1.82) is 0 Å². The van der Waals surface area contributed by atoms with E-state index in [4.69, 9.17) is 0 Å². The van der Waals surface area contributed by atoms with Crippen molar-refractivity contribution in [3.8, 4) is 5.75 Å². The maximum absolute atomic E-state index is 12.4. The molecule has 0 radical (unpaired) electrons. The van der Waals surface area contributed by atoms with E-state index in [0.29, 0.717) is 5.56 Å². The Morgan fingerprint density at radius 3 is 2.19 bits per heavy atom. The zero-order valence-corrected chi connectivity index (χ0v) is 15.6. The van der Waals surface area contributed by atoms with Gasteiger partial charge in [0.05, 0.1) is 7.11 Å². The molecule has 1 aromatic rings. The lowest BCUT2D eigenvalue weighted by Crippen LogP contribution is -2.36. The van der Waals surface area contributed by atoms with Gasteiger partial charge in [0.1, 0.15) is 18.0 Å². The first kappa shape index (κ1) is 19.5. The van der Waals surface area contributed by atoms with Crippen LogP contribution < -0.4 is 5.32 Å². The van der Waals surface area contributed by atoms with Crippen molar-refractivity contribution in [3.05, 3.63) is 34.5 Å². The Balaban J connectivity index is 2.42. The van der Waals surface area contributed by atoms with Gasteiger partial charge in [-0.2, -0.15) is 0 Å². The second-order valence-corrected chi connectivity index (χ2v) is 6.81. The molecule has 1 aromatic carbocycles. The predicted octanol–water partition coefficient (Wildman–Crippen LogP) is 2.70. The number of carbonyl (C=O) groups is 3. The monoisotopic (exact) mass is 360 g/mol. The molecule has 3 amide bonds. The van der Waals surface area contributed by atoms with E-state index >= 15 is 0 Å². The van der Waals surface area contributed by atoms with Gasteiger partial charge in [0, 0.05) is 0 Å². The number of carbonyl (C=O) groups excluding carboxylic acids is 3. The minimum Gasteiger partial charge on any atom is -0.507 e. The summed E-state index contributed by atoms with van der Waals surface area (Å²) in [5, 5.41) is 12.9. The number of phenols is 1. The van der Waals surface area contributed by atoms with E-state index in [1.165, 1.54) is 7.11 Å². The predicted molar refractivity (Wildman–Crippen MR) is 96.5 cm³/mol. The molecule has 1 aliphatic heterocycles. The van der Waals surface area contributed by atoms with Crippen LogP contribution in [0.5, 0.6) is 5.75 Å². The average molecular weight is 360 g/mol. The quantitative estimate of drug-likeness (QED) is 0.478. The minimum atomic E-state index is -0.677. The van der Waals surface area contributed by atoms with Crippen molar-refractivity contribution in [2.75, 3.05) is 13.7 Å². The Bertz CT molecular complexity index is 751. The smallest absolute Gasteiger partial charge is 0.329 e. The molecule has 0 saturated carbocycles. The number of urea groups is 1. The van der Waals surface area contributed by atoms with E-state index in [1.54, 1.807) is 18.2 Å². The lowest BCUT2D eigenvalue weighted by molar-refractivity contribution is -0.143. The van der Waals surface area contributed by atoms with E-state index in [9.17, 15) is 19.5 Å². The standard InChI is InChI=1S/C19H24N2O5/c1-10(2)13-6-12(7-14(11(3)4)17(13)23)8-15-18(24)21(19(25)20-15)9-16(22)26-5/h6-8,10-11,23H,9H2,1-5H3,(H,20,25)/b15-8+. The molecule has 1 fully saturated rings. The van der Waals surface area contributed by atoms with Gasteiger partial charge in [0.15, 0.2) is 0 Å². The van der Waals surface area contributed by atoms with Crippen LogP contribution in [0.4, 0.5) is 4.79 Å². The molecule has 26 heavy (non-hydrogen) atoms. The number of nitrogens with zero attached hydrogens (tertiary/aromatic N) is 1. The Kier molecular flexibility index (Phi) is 5.69. The van der Waals surface area contributed by atoms with Crippen LogP contribution in [-0.2, 0) is 14.3 Å². The SMILES string of the molecule is COC(=O)CN1C(=O)N/C(=C/c2cc(C(C)C)c(O)c(C(C)C)c2)C1=O. The molecule has 0 aromatic heterocycles. The summed E-state index contributed by atoms with van der Waals surface area (Å²) >= 11 is 0. The van der Waals surface area contributed by atoms with Crippen molar-refractivity contribution in [2.24, 2.45) is 0 Å². The molecule has 2 rings (SSSR count). The average Bonchev–Trinajstić information content (AvgIpc) is 2.83. The van der Waals surface area contributed by atoms with Gasteiger partial charge in [-0.25, -0.2) is 9.69 Å². The van der Waals surface area contributed by atoms with Crippen molar-refractivity contribution in [2.45, 2.75) is 39.5 Å². The molecule has 0 spiro atoms. The van der Waals surface area contributed by atoms with Gasteiger partial charge < -0.3 is 15.2 Å². The summed E-state index contributed by atoms with van der Waals surface area (Å²) in [5.41, 5.74) is 2.31. The van der Waals surface area contributed by atoms with Crippen LogP contribution >= 0.6 is 0 Å². The first-order chi connectivity index (χ1) is 12.1. The van der Waals surface area contributed by atoms with Gasteiger partial charge in [0.2, 0.25) is 0 Å². The number of rotatable bonds is 5. The third kappa shape index (κ3) is 3.87. The highest BCUT2D eigenvalue weighted by atomic mass is 16.5. The first-order valence-electron chi connectivity index (χ1n) is 8.43. The number of ether oxygens (including phenoxy) is 1. The normalized spacial score (nSPS) is 16.0. The van der Waals surface area contributed by atoms with Crippen LogP contribution in [0.15, 0.2) is 17.8 Å². The van der Waals surface area contributed by atoms with Crippen molar-refractivity contribution in [1.82, 2.24) is 10.2 Å². The van der Waals surface area contributed by atoms with E-state index in [0.717, 1.165) is 16.0 Å². The summed E-state index contributed by atoms with van der Waals surface area (Å²) in [6.07, 6.45) is 1.55. The van der Waals surface area contributed by atoms with Gasteiger partial charge in [0.25, 0.3) is 5.91 Å². The lowest BCUT2D eigenvalue weighted by Gasteiger charge is -2.16. The van der Waals surface area contributed by atoms with Crippen molar-refractivity contribution >= 4 is 24.0 Å². The van der Waals surface area contributed by atoms with Crippen LogP contribution in [0.2, 0.25) is 0 Å².